The van der Waals surface area contributed by atoms with Crippen LogP contribution in [0.15, 0.2) is 35.5 Å². The van der Waals surface area contributed by atoms with Crippen LogP contribution in [0.1, 0.15) is 15.9 Å². The van der Waals surface area contributed by atoms with Crippen molar-refractivity contribution in [2.24, 2.45) is 7.05 Å². The number of thioether (sulfide) groups is 1. The number of rotatable bonds is 4. The first kappa shape index (κ1) is 12.6. The Bertz CT molecular complexity index is 583. The number of nitrogens with zero attached hydrogens (tertiary/aromatic N) is 2. The first-order chi connectivity index (χ1) is 8.54. The third kappa shape index (κ3) is 3.10. The van der Waals surface area contributed by atoms with Gasteiger partial charge in [-0.05, 0) is 23.8 Å². The second-order valence-corrected chi connectivity index (χ2v) is 4.84. The third-order valence-corrected chi connectivity index (χ3v) is 3.31. The van der Waals surface area contributed by atoms with Crippen molar-refractivity contribution in [1.82, 2.24) is 9.78 Å². The number of carbonyl (C=O) groups is 1. The van der Waals surface area contributed by atoms with Crippen LogP contribution < -0.4 is 0 Å². The first-order valence-electron chi connectivity index (χ1n) is 5.19. The molecule has 4 nitrogen and oxygen atoms in total. The lowest BCUT2D eigenvalue weighted by Gasteiger charge is -2.02. The molecule has 0 radical (unpaired) electrons. The molecule has 0 saturated carbocycles. The lowest BCUT2D eigenvalue weighted by Crippen LogP contribution is -1.98. The molecule has 0 aliphatic carbocycles. The molecule has 1 heterocycles. The minimum absolute atomic E-state index is 0.0308. The number of aromatic nitrogens is 2. The summed E-state index contributed by atoms with van der Waals surface area (Å²) in [7, 11) is 1.81. The highest BCUT2D eigenvalue weighted by molar-refractivity contribution is 7.98. The molecule has 0 aliphatic heterocycles. The molecule has 0 saturated heterocycles. The fraction of sp³-hybridized carbons (Fsp3) is 0.167. The van der Waals surface area contributed by atoms with Crippen LogP contribution in [-0.4, -0.2) is 20.9 Å². The highest BCUT2D eigenvalue weighted by Gasteiger charge is 2.07. The van der Waals surface area contributed by atoms with Crippen LogP contribution in [0.3, 0.4) is 0 Å². The molecular formula is C12H11FN2O2S. The molecule has 0 amide bonds. The van der Waals surface area contributed by atoms with Crippen LogP contribution in [0.4, 0.5) is 4.39 Å². The Labute approximate surface area is 107 Å². The van der Waals surface area contributed by atoms with Gasteiger partial charge in [0.15, 0.2) is 0 Å². The highest BCUT2D eigenvalue weighted by Crippen LogP contribution is 2.23. The highest BCUT2D eigenvalue weighted by atomic mass is 32.2. The first-order valence-corrected chi connectivity index (χ1v) is 6.17. The SMILES string of the molecule is Cn1cc(SCc2cc(F)cc(C(=O)O)c2)cn1. The van der Waals surface area contributed by atoms with Gasteiger partial charge < -0.3 is 5.11 Å². The average molecular weight is 266 g/mol. The molecule has 1 aromatic carbocycles. The molecule has 6 heteroatoms. The van der Waals surface area contributed by atoms with Gasteiger partial charge in [0, 0.05) is 23.9 Å². The van der Waals surface area contributed by atoms with Crippen molar-refractivity contribution in [1.29, 1.82) is 0 Å². The lowest BCUT2D eigenvalue weighted by atomic mass is 10.1. The Hall–Kier alpha value is -1.82. The van der Waals surface area contributed by atoms with Crippen LogP contribution in [0.2, 0.25) is 0 Å². The Morgan fingerprint density at radius 3 is 2.89 bits per heavy atom. The van der Waals surface area contributed by atoms with Crippen LogP contribution >= 0.6 is 11.8 Å². The second-order valence-electron chi connectivity index (χ2n) is 3.79. The number of carboxylic acid groups (broad SMARTS) is 1. The van der Waals surface area contributed by atoms with E-state index in [0.717, 1.165) is 11.0 Å². The summed E-state index contributed by atoms with van der Waals surface area (Å²) >= 11 is 1.48. The fourth-order valence-corrected chi connectivity index (χ4v) is 2.35. The van der Waals surface area contributed by atoms with E-state index in [1.54, 1.807) is 10.9 Å². The van der Waals surface area contributed by atoms with Crippen molar-refractivity contribution < 1.29 is 14.3 Å². The summed E-state index contributed by atoms with van der Waals surface area (Å²) in [5.41, 5.74) is 0.609. The topological polar surface area (TPSA) is 55.1 Å². The number of halogens is 1. The van der Waals surface area contributed by atoms with Gasteiger partial charge in [0.05, 0.1) is 11.8 Å². The minimum Gasteiger partial charge on any atom is -0.478 e. The van der Waals surface area contributed by atoms with E-state index >= 15 is 0 Å². The van der Waals surface area contributed by atoms with E-state index in [-0.39, 0.29) is 5.56 Å². The number of aryl methyl sites for hydroxylation is 1. The third-order valence-electron chi connectivity index (χ3n) is 2.29. The summed E-state index contributed by atoms with van der Waals surface area (Å²) in [6, 6.07) is 3.84. The monoisotopic (exact) mass is 266 g/mol. The number of hydrogen-bond donors (Lipinski definition) is 1. The summed E-state index contributed by atoms with van der Waals surface area (Å²) in [5.74, 6) is -1.15. The van der Waals surface area contributed by atoms with Crippen molar-refractivity contribution in [3.63, 3.8) is 0 Å². The molecule has 94 valence electrons. The van der Waals surface area contributed by atoms with Gasteiger partial charge in [0.25, 0.3) is 0 Å². The number of hydrogen-bond acceptors (Lipinski definition) is 3. The van der Waals surface area contributed by atoms with E-state index in [4.69, 9.17) is 5.11 Å². The van der Waals surface area contributed by atoms with E-state index in [0.29, 0.717) is 11.3 Å². The van der Waals surface area contributed by atoms with Crippen LogP contribution in [-0.2, 0) is 12.8 Å². The maximum Gasteiger partial charge on any atom is 0.335 e. The molecule has 0 bridgehead atoms. The van der Waals surface area contributed by atoms with Gasteiger partial charge in [-0.3, -0.25) is 4.68 Å². The van der Waals surface area contributed by atoms with Crippen molar-refractivity contribution >= 4 is 17.7 Å². The summed E-state index contributed by atoms with van der Waals surface area (Å²) in [6.07, 6.45) is 3.56. The predicted molar refractivity (Wildman–Crippen MR) is 66.1 cm³/mol. The largest absolute Gasteiger partial charge is 0.478 e. The number of carboxylic acids is 1. The van der Waals surface area contributed by atoms with Gasteiger partial charge in [-0.25, -0.2) is 9.18 Å². The smallest absolute Gasteiger partial charge is 0.335 e. The molecule has 0 spiro atoms. The van der Waals surface area contributed by atoms with Crippen LogP contribution in [0, 0.1) is 5.82 Å². The van der Waals surface area contributed by atoms with E-state index < -0.39 is 11.8 Å². The van der Waals surface area contributed by atoms with Gasteiger partial charge >= 0.3 is 5.97 Å². The zero-order chi connectivity index (χ0) is 13.1. The molecule has 0 unspecified atom stereocenters. The molecule has 0 fully saturated rings. The van der Waals surface area contributed by atoms with E-state index in [1.165, 1.54) is 23.9 Å². The Morgan fingerprint density at radius 2 is 2.28 bits per heavy atom. The van der Waals surface area contributed by atoms with Gasteiger partial charge in [0.2, 0.25) is 0 Å². The van der Waals surface area contributed by atoms with Gasteiger partial charge in [-0.1, -0.05) is 0 Å². The Balaban J connectivity index is 2.11. The number of benzene rings is 1. The van der Waals surface area contributed by atoms with Gasteiger partial charge in [-0.15, -0.1) is 11.8 Å². The average Bonchev–Trinajstić information content (AvgIpc) is 2.72. The summed E-state index contributed by atoms with van der Waals surface area (Å²) in [5, 5.41) is 12.9. The van der Waals surface area contributed by atoms with E-state index in [9.17, 15) is 9.18 Å². The van der Waals surface area contributed by atoms with Gasteiger partial charge in [-0.2, -0.15) is 5.10 Å². The fourth-order valence-electron chi connectivity index (χ4n) is 1.50. The summed E-state index contributed by atoms with van der Waals surface area (Å²) in [6.45, 7) is 0. The standard InChI is InChI=1S/C12H11FN2O2S/c1-15-6-11(5-14-15)18-7-8-2-9(12(16)17)4-10(13)3-8/h2-6H,7H2,1H3,(H,16,17). The Morgan fingerprint density at radius 1 is 1.50 bits per heavy atom. The quantitative estimate of drug-likeness (QED) is 0.864. The zero-order valence-corrected chi connectivity index (χ0v) is 10.4. The molecule has 0 atom stereocenters. The van der Waals surface area contributed by atoms with Crippen LogP contribution in [0.25, 0.3) is 0 Å². The molecule has 1 aromatic heterocycles. The van der Waals surface area contributed by atoms with Crippen molar-refractivity contribution in [3.05, 3.63) is 47.5 Å². The molecule has 18 heavy (non-hydrogen) atoms. The van der Waals surface area contributed by atoms with Crippen molar-refractivity contribution in [2.45, 2.75) is 10.6 Å². The summed E-state index contributed by atoms with van der Waals surface area (Å²) < 4.78 is 14.9. The van der Waals surface area contributed by atoms with E-state index in [2.05, 4.69) is 5.10 Å². The lowest BCUT2D eigenvalue weighted by molar-refractivity contribution is 0.0696. The Kier molecular flexibility index (Phi) is 3.66. The maximum absolute atomic E-state index is 13.2. The molecule has 0 aliphatic rings. The van der Waals surface area contributed by atoms with E-state index in [1.807, 2.05) is 13.2 Å². The predicted octanol–water partition coefficient (Wildman–Crippen LogP) is 2.55. The molecule has 1 N–H and O–H groups in total. The molecular weight excluding hydrogens is 255 g/mol. The van der Waals surface area contributed by atoms with Crippen molar-refractivity contribution in [2.75, 3.05) is 0 Å². The number of aromatic carboxylic acids is 1. The molecule has 2 rings (SSSR count). The summed E-state index contributed by atoms with van der Waals surface area (Å²) in [4.78, 5) is 11.8. The minimum atomic E-state index is -1.12. The molecule has 2 aromatic rings. The van der Waals surface area contributed by atoms with Crippen LogP contribution in [0.5, 0.6) is 0 Å². The second kappa shape index (κ2) is 5.22. The van der Waals surface area contributed by atoms with Gasteiger partial charge in [0.1, 0.15) is 5.82 Å². The normalized spacial score (nSPS) is 10.6. The maximum atomic E-state index is 13.2. The van der Waals surface area contributed by atoms with Crippen molar-refractivity contribution in [3.8, 4) is 0 Å². The zero-order valence-electron chi connectivity index (χ0n) is 9.63.